The monoisotopic (exact) mass is 473 g/mol. The summed E-state index contributed by atoms with van der Waals surface area (Å²) in [7, 11) is -3.71. The Balaban J connectivity index is 1.37. The third kappa shape index (κ3) is 5.45. The molecular formula is C23H27N3O6S. The van der Waals surface area contributed by atoms with Crippen LogP contribution in [0, 0.1) is 0 Å². The van der Waals surface area contributed by atoms with E-state index in [4.69, 9.17) is 9.47 Å². The minimum atomic E-state index is -3.71. The number of ketones is 1. The maximum Gasteiger partial charge on any atom is 0.243 e. The van der Waals surface area contributed by atoms with E-state index in [9.17, 15) is 18.0 Å². The number of amides is 1. The second-order valence-corrected chi connectivity index (χ2v) is 10.1. The van der Waals surface area contributed by atoms with Gasteiger partial charge in [-0.15, -0.1) is 0 Å². The van der Waals surface area contributed by atoms with Crippen LogP contribution in [0.2, 0.25) is 0 Å². The predicted molar refractivity (Wildman–Crippen MR) is 123 cm³/mol. The highest BCUT2D eigenvalue weighted by Gasteiger charge is 2.27. The number of rotatable bonds is 7. The van der Waals surface area contributed by atoms with Crippen molar-refractivity contribution in [1.82, 2.24) is 9.80 Å². The molecule has 0 radical (unpaired) electrons. The van der Waals surface area contributed by atoms with E-state index in [0.717, 1.165) is 34.2 Å². The minimum Gasteiger partial charge on any atom is -0.454 e. The van der Waals surface area contributed by atoms with Gasteiger partial charge in [0.05, 0.1) is 11.9 Å². The Hall–Kier alpha value is -3.11. The predicted octanol–water partition coefficient (Wildman–Crippen LogP) is 1.73. The molecule has 9 nitrogen and oxygen atoms in total. The van der Waals surface area contributed by atoms with Gasteiger partial charge < -0.3 is 14.4 Å². The molecule has 10 heteroatoms. The highest BCUT2D eigenvalue weighted by atomic mass is 32.2. The number of piperazine rings is 1. The molecule has 0 aromatic heterocycles. The Morgan fingerprint density at radius 1 is 1.00 bits per heavy atom. The number of nitrogens with zero attached hydrogens (tertiary/aromatic N) is 3. The van der Waals surface area contributed by atoms with E-state index < -0.39 is 10.0 Å². The summed E-state index contributed by atoms with van der Waals surface area (Å²) in [6, 6.07) is 12.2. The fourth-order valence-electron chi connectivity index (χ4n) is 3.96. The molecule has 2 heterocycles. The molecule has 0 spiro atoms. The van der Waals surface area contributed by atoms with Gasteiger partial charge in [0, 0.05) is 38.3 Å². The van der Waals surface area contributed by atoms with Crippen LogP contribution < -0.4 is 13.8 Å². The van der Waals surface area contributed by atoms with E-state index in [1.807, 2.05) is 18.2 Å². The highest BCUT2D eigenvalue weighted by Crippen LogP contribution is 2.32. The van der Waals surface area contributed by atoms with Gasteiger partial charge in [-0.1, -0.05) is 18.2 Å². The molecule has 0 atom stereocenters. The Labute approximate surface area is 193 Å². The number of anilines is 1. The fourth-order valence-corrected chi connectivity index (χ4v) is 4.80. The topological polar surface area (TPSA) is 96.5 Å². The van der Waals surface area contributed by atoms with Gasteiger partial charge in [0.15, 0.2) is 17.3 Å². The zero-order valence-corrected chi connectivity index (χ0v) is 19.5. The molecule has 2 aromatic carbocycles. The molecule has 2 aliphatic heterocycles. The lowest BCUT2D eigenvalue weighted by Crippen LogP contribution is -2.51. The minimum absolute atomic E-state index is 0.171. The molecule has 4 rings (SSSR count). The number of sulfonamides is 1. The van der Waals surface area contributed by atoms with Crippen molar-refractivity contribution in [3.05, 3.63) is 53.6 Å². The van der Waals surface area contributed by atoms with E-state index >= 15 is 0 Å². The lowest BCUT2D eigenvalue weighted by Gasteiger charge is -2.36. The van der Waals surface area contributed by atoms with E-state index in [1.54, 1.807) is 23.1 Å². The molecule has 0 saturated carbocycles. The van der Waals surface area contributed by atoms with Gasteiger partial charge in [0.25, 0.3) is 0 Å². The molecule has 1 amide bonds. The van der Waals surface area contributed by atoms with Crippen molar-refractivity contribution in [3.63, 3.8) is 0 Å². The number of ether oxygens (including phenoxy) is 2. The van der Waals surface area contributed by atoms with Crippen molar-refractivity contribution in [2.45, 2.75) is 13.5 Å². The Bertz CT molecular complexity index is 1160. The van der Waals surface area contributed by atoms with Crippen LogP contribution in [0.3, 0.4) is 0 Å². The molecule has 1 saturated heterocycles. The first-order valence-electron chi connectivity index (χ1n) is 10.7. The van der Waals surface area contributed by atoms with Gasteiger partial charge in [-0.2, -0.15) is 0 Å². The van der Waals surface area contributed by atoms with Crippen LogP contribution >= 0.6 is 0 Å². The number of benzene rings is 2. The summed E-state index contributed by atoms with van der Waals surface area (Å²) in [5.41, 5.74) is 1.80. The van der Waals surface area contributed by atoms with Crippen molar-refractivity contribution in [2.75, 3.05) is 50.1 Å². The number of Topliss-reactive ketones (excluding diaryl/α,β-unsaturated/α-hetero) is 1. The molecule has 1 fully saturated rings. The Kier molecular flexibility index (Phi) is 6.57. The summed E-state index contributed by atoms with van der Waals surface area (Å²) in [6.07, 6.45) is 1.06. The largest absolute Gasteiger partial charge is 0.454 e. The summed E-state index contributed by atoms with van der Waals surface area (Å²) >= 11 is 0. The van der Waals surface area contributed by atoms with E-state index in [2.05, 4.69) is 4.90 Å². The van der Waals surface area contributed by atoms with Crippen molar-refractivity contribution < 1.29 is 27.5 Å². The number of hydrogen-bond donors (Lipinski definition) is 0. The Morgan fingerprint density at radius 2 is 1.73 bits per heavy atom. The molecule has 2 aliphatic rings. The van der Waals surface area contributed by atoms with Crippen LogP contribution in [0.15, 0.2) is 42.5 Å². The molecule has 2 aromatic rings. The van der Waals surface area contributed by atoms with Gasteiger partial charge in [0.1, 0.15) is 6.54 Å². The fraction of sp³-hybridized carbons (Fsp3) is 0.391. The molecule has 0 unspecified atom stereocenters. The molecule has 0 N–H and O–H groups in total. The van der Waals surface area contributed by atoms with Crippen LogP contribution in [0.1, 0.15) is 22.8 Å². The average molecular weight is 474 g/mol. The highest BCUT2D eigenvalue weighted by molar-refractivity contribution is 7.92. The number of carbonyl (C=O) groups is 2. The molecule has 0 bridgehead atoms. The normalized spacial score (nSPS) is 16.0. The van der Waals surface area contributed by atoms with Crippen molar-refractivity contribution in [2.24, 2.45) is 0 Å². The first kappa shape index (κ1) is 23.1. The molecular weight excluding hydrogens is 446 g/mol. The van der Waals surface area contributed by atoms with Crippen molar-refractivity contribution >= 4 is 27.4 Å². The zero-order valence-electron chi connectivity index (χ0n) is 18.7. The van der Waals surface area contributed by atoms with Crippen LogP contribution in [0.5, 0.6) is 11.5 Å². The van der Waals surface area contributed by atoms with Gasteiger partial charge >= 0.3 is 0 Å². The average Bonchev–Trinajstić information content (AvgIpc) is 3.25. The smallest absolute Gasteiger partial charge is 0.243 e. The molecule has 176 valence electrons. The van der Waals surface area contributed by atoms with Crippen LogP contribution in [-0.4, -0.2) is 75.7 Å². The quantitative estimate of drug-likeness (QED) is 0.565. The number of carbonyl (C=O) groups excluding carboxylic acids is 2. The van der Waals surface area contributed by atoms with Gasteiger partial charge in [-0.25, -0.2) is 8.42 Å². The number of hydrogen-bond acceptors (Lipinski definition) is 7. The second kappa shape index (κ2) is 9.40. The molecule has 33 heavy (non-hydrogen) atoms. The summed E-state index contributed by atoms with van der Waals surface area (Å²) in [6.45, 7) is 4.45. The lowest BCUT2D eigenvalue weighted by molar-refractivity contribution is -0.131. The van der Waals surface area contributed by atoms with Crippen molar-refractivity contribution in [1.29, 1.82) is 0 Å². The van der Waals surface area contributed by atoms with Crippen molar-refractivity contribution in [3.8, 4) is 11.5 Å². The standard InChI is InChI=1S/C23H27N3O6S/c1-17(27)19-4-3-5-20(13-19)26(33(2,29)30)15-23(28)25-10-8-24(9-11-25)14-18-6-7-21-22(12-18)32-16-31-21/h3-7,12-13H,8-11,14-16H2,1-2H3. The summed E-state index contributed by atoms with van der Waals surface area (Å²) in [5.74, 6) is 1.06. The maximum absolute atomic E-state index is 12.9. The first-order valence-corrected chi connectivity index (χ1v) is 12.5. The third-order valence-electron chi connectivity index (χ3n) is 5.79. The zero-order chi connectivity index (χ0) is 23.6. The molecule has 0 aliphatic carbocycles. The first-order chi connectivity index (χ1) is 15.7. The summed E-state index contributed by atoms with van der Waals surface area (Å²) in [4.78, 5) is 28.6. The Morgan fingerprint density at radius 3 is 2.42 bits per heavy atom. The van der Waals surface area contributed by atoms with E-state index in [1.165, 1.54) is 13.0 Å². The van der Waals surface area contributed by atoms with Crippen LogP contribution in [-0.2, 0) is 21.4 Å². The third-order valence-corrected chi connectivity index (χ3v) is 6.93. The van der Waals surface area contributed by atoms with E-state index in [-0.39, 0.29) is 25.0 Å². The van der Waals surface area contributed by atoms with E-state index in [0.29, 0.717) is 37.4 Å². The maximum atomic E-state index is 12.9. The SMILES string of the molecule is CC(=O)c1cccc(N(CC(=O)N2CCN(Cc3ccc4c(c3)OCO4)CC2)S(C)(=O)=O)c1. The summed E-state index contributed by atoms with van der Waals surface area (Å²) in [5, 5.41) is 0. The van der Waals surface area contributed by atoms with Crippen LogP contribution in [0.25, 0.3) is 0 Å². The van der Waals surface area contributed by atoms with Gasteiger partial charge in [0.2, 0.25) is 22.7 Å². The van der Waals surface area contributed by atoms with Gasteiger partial charge in [-0.3, -0.25) is 18.8 Å². The number of fused-ring (bicyclic) bond motifs is 1. The lowest BCUT2D eigenvalue weighted by atomic mass is 10.1. The van der Waals surface area contributed by atoms with Crippen LogP contribution in [0.4, 0.5) is 5.69 Å². The second-order valence-electron chi connectivity index (χ2n) is 8.22. The van der Waals surface area contributed by atoms with Gasteiger partial charge in [-0.05, 0) is 36.8 Å². The summed E-state index contributed by atoms with van der Waals surface area (Å²) < 4.78 is 36.7.